The fourth-order valence-electron chi connectivity index (χ4n) is 1.82. The number of hydrogen-bond donors (Lipinski definition) is 0. The van der Waals surface area contributed by atoms with Gasteiger partial charge in [-0.2, -0.15) is 0 Å². The van der Waals surface area contributed by atoms with E-state index in [4.69, 9.17) is 13.6 Å². The summed E-state index contributed by atoms with van der Waals surface area (Å²) in [5.41, 5.74) is 0. The standard InChI is InChI=1S/C15H33O4P/c1-6-9-11-14(4)18-20(16,17-13-8-3)19-15(5)12-10-7-2/h14-15H,6-13H2,1-5H3. The molecular weight excluding hydrogens is 275 g/mol. The van der Waals surface area contributed by atoms with Crippen LogP contribution in [0.15, 0.2) is 0 Å². The summed E-state index contributed by atoms with van der Waals surface area (Å²) in [5.74, 6) is 0. The molecule has 20 heavy (non-hydrogen) atoms. The molecule has 0 aliphatic rings. The second-order valence-electron chi connectivity index (χ2n) is 5.40. The second-order valence-corrected chi connectivity index (χ2v) is 6.97. The van der Waals surface area contributed by atoms with E-state index in [0.717, 1.165) is 44.9 Å². The van der Waals surface area contributed by atoms with Crippen molar-refractivity contribution in [3.63, 3.8) is 0 Å². The Bertz CT molecular complexity index is 251. The molecule has 0 spiro atoms. The third-order valence-corrected chi connectivity index (χ3v) is 4.74. The van der Waals surface area contributed by atoms with Crippen molar-refractivity contribution in [2.75, 3.05) is 6.61 Å². The van der Waals surface area contributed by atoms with E-state index in [9.17, 15) is 4.57 Å². The second kappa shape index (κ2) is 11.7. The van der Waals surface area contributed by atoms with Gasteiger partial charge in [0.2, 0.25) is 0 Å². The first kappa shape index (κ1) is 20.1. The molecule has 0 saturated heterocycles. The van der Waals surface area contributed by atoms with E-state index < -0.39 is 7.82 Å². The third-order valence-electron chi connectivity index (χ3n) is 3.00. The van der Waals surface area contributed by atoms with Crippen molar-refractivity contribution in [1.82, 2.24) is 0 Å². The lowest BCUT2D eigenvalue weighted by Gasteiger charge is -2.24. The lowest BCUT2D eigenvalue weighted by atomic mass is 10.2. The van der Waals surface area contributed by atoms with Crippen LogP contribution in [0.5, 0.6) is 0 Å². The molecule has 0 fully saturated rings. The molecule has 0 aliphatic heterocycles. The van der Waals surface area contributed by atoms with Gasteiger partial charge in [0.05, 0.1) is 18.8 Å². The summed E-state index contributed by atoms with van der Waals surface area (Å²) >= 11 is 0. The van der Waals surface area contributed by atoms with E-state index in [0.29, 0.717) is 6.61 Å². The van der Waals surface area contributed by atoms with E-state index in [1.807, 2.05) is 20.8 Å². The molecule has 0 rings (SSSR count). The first-order chi connectivity index (χ1) is 9.47. The first-order valence-corrected chi connectivity index (χ1v) is 9.54. The Morgan fingerprint density at radius 3 is 1.65 bits per heavy atom. The highest BCUT2D eigenvalue weighted by atomic mass is 31.2. The predicted molar refractivity (Wildman–Crippen MR) is 84.0 cm³/mol. The van der Waals surface area contributed by atoms with Gasteiger partial charge < -0.3 is 0 Å². The molecule has 0 aromatic heterocycles. The van der Waals surface area contributed by atoms with Gasteiger partial charge in [-0.25, -0.2) is 4.57 Å². The Balaban J connectivity index is 4.44. The van der Waals surface area contributed by atoms with Gasteiger partial charge in [0.1, 0.15) is 0 Å². The lowest BCUT2D eigenvalue weighted by molar-refractivity contribution is 0.0561. The van der Waals surface area contributed by atoms with Crippen molar-refractivity contribution >= 4 is 7.82 Å². The average molecular weight is 308 g/mol. The number of phosphoric ester groups is 1. The summed E-state index contributed by atoms with van der Waals surface area (Å²) < 4.78 is 29.3. The fraction of sp³-hybridized carbons (Fsp3) is 1.00. The Morgan fingerprint density at radius 1 is 0.850 bits per heavy atom. The highest BCUT2D eigenvalue weighted by Crippen LogP contribution is 2.52. The van der Waals surface area contributed by atoms with Crippen LogP contribution in [-0.2, 0) is 18.1 Å². The van der Waals surface area contributed by atoms with E-state index >= 15 is 0 Å². The summed E-state index contributed by atoms with van der Waals surface area (Å²) in [6, 6.07) is 0. The molecular formula is C15H33O4P. The lowest BCUT2D eigenvalue weighted by Crippen LogP contribution is -2.14. The minimum absolute atomic E-state index is 0.101. The summed E-state index contributed by atoms with van der Waals surface area (Å²) in [6.07, 6.45) is 6.66. The average Bonchev–Trinajstić information content (AvgIpc) is 2.40. The molecule has 0 N–H and O–H groups in total. The van der Waals surface area contributed by atoms with Crippen molar-refractivity contribution in [1.29, 1.82) is 0 Å². The molecule has 0 bridgehead atoms. The van der Waals surface area contributed by atoms with Gasteiger partial charge in [0.15, 0.2) is 0 Å². The smallest absolute Gasteiger partial charge is 0.287 e. The Labute approximate surface area is 125 Å². The van der Waals surface area contributed by atoms with Gasteiger partial charge >= 0.3 is 7.82 Å². The summed E-state index contributed by atoms with van der Waals surface area (Å²) in [5, 5.41) is 0. The number of rotatable bonds is 13. The molecule has 0 aliphatic carbocycles. The molecule has 4 nitrogen and oxygen atoms in total. The Kier molecular flexibility index (Phi) is 11.8. The Hall–Kier alpha value is 0.110. The van der Waals surface area contributed by atoms with Crippen molar-refractivity contribution in [2.45, 2.75) is 91.8 Å². The van der Waals surface area contributed by atoms with E-state index in [1.54, 1.807) is 0 Å². The number of unbranched alkanes of at least 4 members (excludes halogenated alkanes) is 2. The molecule has 0 amide bonds. The van der Waals surface area contributed by atoms with Crippen LogP contribution in [0.4, 0.5) is 0 Å². The van der Waals surface area contributed by atoms with E-state index in [-0.39, 0.29) is 12.2 Å². The van der Waals surface area contributed by atoms with Crippen molar-refractivity contribution in [3.8, 4) is 0 Å². The molecule has 2 atom stereocenters. The zero-order valence-electron chi connectivity index (χ0n) is 13.9. The van der Waals surface area contributed by atoms with Crippen LogP contribution in [0.25, 0.3) is 0 Å². The summed E-state index contributed by atoms with van der Waals surface area (Å²) in [7, 11) is -3.43. The van der Waals surface area contributed by atoms with Gasteiger partial charge in [-0.15, -0.1) is 0 Å². The molecule has 0 aromatic rings. The highest BCUT2D eigenvalue weighted by molar-refractivity contribution is 7.48. The van der Waals surface area contributed by atoms with Gasteiger partial charge in [0.25, 0.3) is 0 Å². The monoisotopic (exact) mass is 308 g/mol. The SMILES string of the molecule is CCCCC(C)OP(=O)(OCCC)OC(C)CCCC. The van der Waals surface area contributed by atoms with Crippen LogP contribution >= 0.6 is 7.82 Å². The van der Waals surface area contributed by atoms with Gasteiger partial charge in [-0.05, 0) is 33.1 Å². The highest BCUT2D eigenvalue weighted by Gasteiger charge is 2.31. The quantitative estimate of drug-likeness (QED) is 0.409. The van der Waals surface area contributed by atoms with Crippen LogP contribution in [0, 0.1) is 0 Å². The maximum Gasteiger partial charge on any atom is 0.475 e. The number of hydrogen-bond acceptors (Lipinski definition) is 4. The first-order valence-electron chi connectivity index (χ1n) is 8.08. The normalized spacial score (nSPS) is 17.6. The van der Waals surface area contributed by atoms with Gasteiger partial charge in [-0.3, -0.25) is 13.6 Å². The molecule has 5 heteroatoms. The van der Waals surface area contributed by atoms with Crippen LogP contribution in [0.3, 0.4) is 0 Å². The largest absolute Gasteiger partial charge is 0.475 e. The van der Waals surface area contributed by atoms with E-state index in [2.05, 4.69) is 13.8 Å². The van der Waals surface area contributed by atoms with Crippen molar-refractivity contribution < 1.29 is 18.1 Å². The zero-order chi connectivity index (χ0) is 15.4. The predicted octanol–water partition coefficient (Wildman–Crippen LogP) is 5.71. The fourth-order valence-corrected chi connectivity index (χ4v) is 3.49. The maximum absolute atomic E-state index is 12.7. The van der Waals surface area contributed by atoms with Crippen LogP contribution in [-0.4, -0.2) is 18.8 Å². The van der Waals surface area contributed by atoms with Crippen LogP contribution < -0.4 is 0 Å². The van der Waals surface area contributed by atoms with E-state index in [1.165, 1.54) is 0 Å². The third kappa shape index (κ3) is 9.93. The van der Waals surface area contributed by atoms with Crippen LogP contribution in [0.2, 0.25) is 0 Å². The zero-order valence-corrected chi connectivity index (χ0v) is 14.8. The molecule has 0 heterocycles. The summed E-state index contributed by atoms with van der Waals surface area (Å²) in [4.78, 5) is 0. The minimum atomic E-state index is -3.43. The molecule has 0 saturated carbocycles. The maximum atomic E-state index is 12.7. The van der Waals surface area contributed by atoms with Gasteiger partial charge in [-0.1, -0.05) is 46.5 Å². The number of phosphoric acid groups is 1. The van der Waals surface area contributed by atoms with Crippen LogP contribution in [0.1, 0.15) is 79.6 Å². The molecule has 122 valence electrons. The summed E-state index contributed by atoms with van der Waals surface area (Å²) in [6.45, 7) is 10.5. The molecule has 0 aromatic carbocycles. The van der Waals surface area contributed by atoms with Crippen molar-refractivity contribution in [3.05, 3.63) is 0 Å². The van der Waals surface area contributed by atoms with Gasteiger partial charge in [0, 0.05) is 0 Å². The van der Waals surface area contributed by atoms with Crippen molar-refractivity contribution in [2.24, 2.45) is 0 Å². The Morgan fingerprint density at radius 2 is 1.30 bits per heavy atom. The topological polar surface area (TPSA) is 44.8 Å². The molecule has 0 radical (unpaired) electrons. The minimum Gasteiger partial charge on any atom is -0.287 e. The molecule has 2 unspecified atom stereocenters.